The topological polar surface area (TPSA) is 109 Å². The smallest absolute Gasteiger partial charge is 0.225 e. The van der Waals surface area contributed by atoms with Crippen LogP contribution in [0, 0.1) is 16.7 Å². The molecule has 0 aliphatic carbocycles. The summed E-state index contributed by atoms with van der Waals surface area (Å²) in [5.74, 6) is 0.235. The molecule has 1 fully saturated rings. The molecule has 0 radical (unpaired) electrons. The maximum Gasteiger partial charge on any atom is 0.225 e. The summed E-state index contributed by atoms with van der Waals surface area (Å²) in [7, 11) is 0. The lowest BCUT2D eigenvalue weighted by Crippen LogP contribution is -2.37. The molecule has 6 heteroatoms. The first-order chi connectivity index (χ1) is 8.48. The van der Waals surface area contributed by atoms with Crippen LogP contribution < -0.4 is 16.4 Å². The first kappa shape index (κ1) is 12.2. The van der Waals surface area contributed by atoms with Gasteiger partial charge in [0.25, 0.3) is 0 Å². The highest BCUT2D eigenvalue weighted by Gasteiger charge is 2.39. The number of hydrogen-bond acceptors (Lipinski definition) is 5. The predicted molar refractivity (Wildman–Crippen MR) is 67.5 cm³/mol. The Morgan fingerprint density at radius 2 is 2.39 bits per heavy atom. The molecule has 1 aliphatic heterocycles. The number of nitriles is 1. The summed E-state index contributed by atoms with van der Waals surface area (Å²) in [6.45, 7) is 2.97. The van der Waals surface area contributed by atoms with E-state index < -0.39 is 5.41 Å². The largest absolute Gasteiger partial charge is 0.395 e. The molecule has 0 spiro atoms. The summed E-state index contributed by atoms with van der Waals surface area (Å²) in [5, 5.41) is 8.93. The van der Waals surface area contributed by atoms with Crippen LogP contribution >= 0.6 is 0 Å². The Hall–Kier alpha value is -2.29. The molecule has 6 nitrogen and oxygen atoms in total. The third-order valence-electron chi connectivity index (χ3n) is 3.46. The molecule has 1 aromatic rings. The van der Waals surface area contributed by atoms with Crippen molar-refractivity contribution in [2.45, 2.75) is 13.3 Å². The van der Waals surface area contributed by atoms with Crippen LogP contribution in [0.2, 0.25) is 0 Å². The van der Waals surface area contributed by atoms with Gasteiger partial charge in [-0.25, -0.2) is 4.98 Å². The third kappa shape index (κ3) is 1.84. The van der Waals surface area contributed by atoms with Crippen LogP contribution in [0.4, 0.5) is 11.5 Å². The van der Waals surface area contributed by atoms with Crippen LogP contribution in [-0.2, 0) is 4.79 Å². The fourth-order valence-electron chi connectivity index (χ4n) is 2.15. The van der Waals surface area contributed by atoms with Crippen molar-refractivity contribution < 1.29 is 4.79 Å². The van der Waals surface area contributed by atoms with Gasteiger partial charge in [0, 0.05) is 19.3 Å². The minimum Gasteiger partial charge on any atom is -0.395 e. The number of aromatic nitrogens is 1. The molecule has 1 saturated heterocycles. The standard InChI is InChI=1S/C12H15N5O/c1-12(11(15)18)3-5-17(7-12)10-9(14)8(6-13)2-4-16-10/h2,4H,3,5,7,14H2,1H3,(H2,15,18). The Morgan fingerprint density at radius 1 is 1.67 bits per heavy atom. The van der Waals surface area contributed by atoms with Crippen molar-refractivity contribution >= 4 is 17.4 Å². The summed E-state index contributed by atoms with van der Waals surface area (Å²) in [6, 6.07) is 3.59. The number of nitrogen functional groups attached to an aromatic ring is 1. The van der Waals surface area contributed by atoms with Gasteiger partial charge < -0.3 is 16.4 Å². The first-order valence-corrected chi connectivity index (χ1v) is 5.67. The summed E-state index contributed by atoms with van der Waals surface area (Å²) in [4.78, 5) is 17.5. The van der Waals surface area contributed by atoms with Crippen molar-refractivity contribution in [2.75, 3.05) is 23.7 Å². The number of pyridine rings is 1. The Bertz CT molecular complexity index is 536. The minimum absolute atomic E-state index is 0.319. The number of nitrogens with two attached hydrogens (primary N) is 2. The molecule has 0 aromatic carbocycles. The quantitative estimate of drug-likeness (QED) is 0.775. The second-order valence-corrected chi connectivity index (χ2v) is 4.80. The van der Waals surface area contributed by atoms with Crippen LogP contribution in [0.5, 0.6) is 0 Å². The number of anilines is 2. The Kier molecular flexibility index (Phi) is 2.83. The van der Waals surface area contributed by atoms with Gasteiger partial charge in [-0.3, -0.25) is 4.79 Å². The van der Waals surface area contributed by atoms with E-state index in [4.69, 9.17) is 16.7 Å². The first-order valence-electron chi connectivity index (χ1n) is 5.67. The van der Waals surface area contributed by atoms with Crippen LogP contribution in [-0.4, -0.2) is 24.0 Å². The average Bonchev–Trinajstić information content (AvgIpc) is 2.73. The monoisotopic (exact) mass is 245 g/mol. The zero-order chi connectivity index (χ0) is 13.3. The van der Waals surface area contributed by atoms with Gasteiger partial charge in [-0.05, 0) is 19.4 Å². The molecule has 0 saturated carbocycles. The van der Waals surface area contributed by atoms with E-state index in [0.29, 0.717) is 36.6 Å². The van der Waals surface area contributed by atoms with Gasteiger partial charge in [0.05, 0.1) is 16.7 Å². The lowest BCUT2D eigenvalue weighted by Gasteiger charge is -2.22. The van der Waals surface area contributed by atoms with Gasteiger partial charge in [-0.1, -0.05) is 0 Å². The number of amides is 1. The molecule has 2 heterocycles. The van der Waals surface area contributed by atoms with Gasteiger partial charge >= 0.3 is 0 Å². The van der Waals surface area contributed by atoms with Crippen LogP contribution in [0.25, 0.3) is 0 Å². The molecule has 0 bridgehead atoms. The molecule has 2 rings (SSSR count). The zero-order valence-corrected chi connectivity index (χ0v) is 10.2. The highest BCUT2D eigenvalue weighted by Crippen LogP contribution is 2.34. The van der Waals surface area contributed by atoms with Crippen molar-refractivity contribution in [3.05, 3.63) is 17.8 Å². The number of carbonyl (C=O) groups is 1. The summed E-state index contributed by atoms with van der Waals surface area (Å²) in [5.41, 5.74) is 11.5. The van der Waals surface area contributed by atoms with Crippen LogP contribution in [0.15, 0.2) is 12.3 Å². The lowest BCUT2D eigenvalue weighted by molar-refractivity contribution is -0.125. The van der Waals surface area contributed by atoms with E-state index in [1.165, 1.54) is 0 Å². The van der Waals surface area contributed by atoms with E-state index >= 15 is 0 Å². The highest BCUT2D eigenvalue weighted by atomic mass is 16.1. The summed E-state index contributed by atoms with van der Waals surface area (Å²) in [6.07, 6.45) is 2.21. The van der Waals surface area contributed by atoms with Crippen LogP contribution in [0.3, 0.4) is 0 Å². The Morgan fingerprint density at radius 3 is 2.94 bits per heavy atom. The molecule has 1 unspecified atom stereocenters. The predicted octanol–water partition coefficient (Wildman–Crippen LogP) is 0.237. The Balaban J connectivity index is 2.31. The fourth-order valence-corrected chi connectivity index (χ4v) is 2.15. The SMILES string of the molecule is CC1(C(N)=O)CCN(c2nccc(C#N)c2N)C1. The maximum atomic E-state index is 11.4. The molecule has 1 amide bonds. The van der Waals surface area contributed by atoms with Gasteiger partial charge in [-0.15, -0.1) is 0 Å². The van der Waals surface area contributed by atoms with Crippen molar-refractivity contribution in [2.24, 2.45) is 11.1 Å². The molecular weight excluding hydrogens is 230 g/mol. The zero-order valence-electron chi connectivity index (χ0n) is 10.2. The van der Waals surface area contributed by atoms with E-state index in [1.807, 2.05) is 17.9 Å². The van der Waals surface area contributed by atoms with Gasteiger partial charge in [0.2, 0.25) is 5.91 Å². The normalized spacial score (nSPS) is 22.8. The number of carbonyl (C=O) groups excluding carboxylic acids is 1. The van der Waals surface area contributed by atoms with Crippen molar-refractivity contribution in [1.29, 1.82) is 5.26 Å². The third-order valence-corrected chi connectivity index (χ3v) is 3.46. The molecule has 18 heavy (non-hydrogen) atoms. The molecular formula is C12H15N5O. The Labute approximate surface area is 105 Å². The van der Waals surface area contributed by atoms with Gasteiger partial charge in [-0.2, -0.15) is 5.26 Å². The van der Waals surface area contributed by atoms with Crippen molar-refractivity contribution in [3.8, 4) is 6.07 Å². The number of rotatable bonds is 2. The van der Waals surface area contributed by atoms with E-state index in [-0.39, 0.29) is 5.91 Å². The van der Waals surface area contributed by atoms with E-state index in [0.717, 1.165) is 0 Å². The van der Waals surface area contributed by atoms with Crippen LogP contribution in [0.1, 0.15) is 18.9 Å². The number of primary amides is 1. The fraction of sp³-hybridized carbons (Fsp3) is 0.417. The van der Waals surface area contributed by atoms with Gasteiger partial charge in [0.15, 0.2) is 5.82 Å². The summed E-state index contributed by atoms with van der Waals surface area (Å²) >= 11 is 0. The summed E-state index contributed by atoms with van der Waals surface area (Å²) < 4.78 is 0. The highest BCUT2D eigenvalue weighted by molar-refractivity contribution is 5.82. The molecule has 1 aliphatic rings. The second kappa shape index (κ2) is 4.18. The van der Waals surface area contributed by atoms with Gasteiger partial charge in [0.1, 0.15) is 6.07 Å². The minimum atomic E-state index is -0.559. The maximum absolute atomic E-state index is 11.4. The second-order valence-electron chi connectivity index (χ2n) is 4.80. The lowest BCUT2D eigenvalue weighted by atomic mass is 9.89. The molecule has 4 N–H and O–H groups in total. The van der Waals surface area contributed by atoms with Crippen molar-refractivity contribution in [1.82, 2.24) is 4.98 Å². The van der Waals surface area contributed by atoms with E-state index in [2.05, 4.69) is 4.98 Å². The van der Waals surface area contributed by atoms with E-state index in [9.17, 15) is 4.79 Å². The van der Waals surface area contributed by atoms with E-state index in [1.54, 1.807) is 12.3 Å². The number of nitrogens with zero attached hydrogens (tertiary/aromatic N) is 3. The molecule has 1 aromatic heterocycles. The molecule has 1 atom stereocenters. The average molecular weight is 245 g/mol. The van der Waals surface area contributed by atoms with Crippen molar-refractivity contribution in [3.63, 3.8) is 0 Å². The number of hydrogen-bond donors (Lipinski definition) is 2. The molecule has 94 valence electrons.